The first-order chi connectivity index (χ1) is 9.88. The molecule has 3 aromatic rings. The largest absolute Gasteiger partial charge is 0.277 e. The zero-order valence-electron chi connectivity index (χ0n) is 11.4. The van der Waals surface area contributed by atoms with Crippen molar-refractivity contribution in [3.63, 3.8) is 0 Å². The lowest BCUT2D eigenvalue weighted by molar-refractivity contribution is 0.601. The summed E-state index contributed by atoms with van der Waals surface area (Å²) in [6.07, 6.45) is 2.91. The number of halogens is 1. The predicted octanol–water partition coefficient (Wildman–Crippen LogP) is 3.10. The van der Waals surface area contributed by atoms with Crippen LogP contribution >= 0.6 is 15.9 Å². The molecule has 0 atom stereocenters. The minimum atomic E-state index is -3.22. The third-order valence-corrected chi connectivity index (χ3v) is 5.11. The van der Waals surface area contributed by atoms with Gasteiger partial charge < -0.3 is 0 Å². The number of hydrogen-bond acceptors (Lipinski definition) is 4. The van der Waals surface area contributed by atoms with Gasteiger partial charge in [0.15, 0.2) is 9.84 Å². The van der Waals surface area contributed by atoms with Gasteiger partial charge in [-0.25, -0.2) is 8.42 Å². The van der Waals surface area contributed by atoms with E-state index < -0.39 is 9.84 Å². The number of rotatable bonds is 2. The predicted molar refractivity (Wildman–Crippen MR) is 84.9 cm³/mol. The molecule has 0 saturated carbocycles. The molecule has 108 valence electrons. The molecule has 21 heavy (non-hydrogen) atoms. The fourth-order valence-corrected chi connectivity index (χ4v) is 3.81. The summed E-state index contributed by atoms with van der Waals surface area (Å²) in [5.41, 5.74) is 3.19. The molecule has 0 aliphatic heterocycles. The van der Waals surface area contributed by atoms with E-state index in [1.807, 2.05) is 12.1 Å². The Morgan fingerprint density at radius 3 is 2.67 bits per heavy atom. The molecule has 3 rings (SSSR count). The second-order valence-corrected chi connectivity index (χ2v) is 7.58. The number of pyridine rings is 1. The topological polar surface area (TPSA) is 75.7 Å². The van der Waals surface area contributed by atoms with Crippen molar-refractivity contribution < 1.29 is 8.42 Å². The number of aromatic amines is 1. The summed E-state index contributed by atoms with van der Waals surface area (Å²) in [6, 6.07) is 7.06. The molecule has 5 nitrogen and oxygen atoms in total. The molecule has 0 radical (unpaired) electrons. The third-order valence-electron chi connectivity index (χ3n) is 3.28. The molecule has 7 heteroatoms. The Kier molecular flexibility index (Phi) is 3.33. The van der Waals surface area contributed by atoms with Gasteiger partial charge in [0.2, 0.25) is 0 Å². The van der Waals surface area contributed by atoms with Crippen LogP contribution in [0.1, 0.15) is 5.56 Å². The molecule has 1 N–H and O–H groups in total. The zero-order valence-corrected chi connectivity index (χ0v) is 13.8. The van der Waals surface area contributed by atoms with Gasteiger partial charge in [0.05, 0.1) is 21.5 Å². The van der Waals surface area contributed by atoms with E-state index in [0.717, 1.165) is 22.2 Å². The lowest BCUT2D eigenvalue weighted by atomic mass is 10.1. The summed E-state index contributed by atoms with van der Waals surface area (Å²) in [5.74, 6) is 0. The maximum absolute atomic E-state index is 11.7. The van der Waals surface area contributed by atoms with Crippen LogP contribution < -0.4 is 0 Å². The lowest BCUT2D eigenvalue weighted by Crippen LogP contribution is -2.00. The van der Waals surface area contributed by atoms with Crippen molar-refractivity contribution in [2.75, 3.05) is 6.26 Å². The standard InChI is InChI=1S/C14H12BrN3O2S/c1-8-7-9(3-4-11(8)21(2,19)20)13-12-10(5-6-16-13)17-18-14(12)15/h3-7H,1-2H3,(H,17,18). The highest BCUT2D eigenvalue weighted by molar-refractivity contribution is 9.10. The van der Waals surface area contributed by atoms with Gasteiger partial charge in [-0.15, -0.1) is 0 Å². The van der Waals surface area contributed by atoms with E-state index in [9.17, 15) is 8.42 Å². The summed E-state index contributed by atoms with van der Waals surface area (Å²) >= 11 is 3.40. The fraction of sp³-hybridized carbons (Fsp3) is 0.143. The summed E-state index contributed by atoms with van der Waals surface area (Å²) in [5, 5.41) is 7.91. The number of aromatic nitrogens is 3. The van der Waals surface area contributed by atoms with Gasteiger partial charge in [0, 0.05) is 18.0 Å². The fourth-order valence-electron chi connectivity index (χ4n) is 2.36. The van der Waals surface area contributed by atoms with E-state index in [4.69, 9.17) is 0 Å². The minimum Gasteiger partial charge on any atom is -0.277 e. The molecule has 0 aliphatic rings. The van der Waals surface area contributed by atoms with Gasteiger partial charge in [-0.2, -0.15) is 5.10 Å². The maximum atomic E-state index is 11.7. The molecular weight excluding hydrogens is 354 g/mol. The van der Waals surface area contributed by atoms with E-state index in [2.05, 4.69) is 31.1 Å². The number of aryl methyl sites for hydroxylation is 1. The highest BCUT2D eigenvalue weighted by Crippen LogP contribution is 2.32. The van der Waals surface area contributed by atoms with Crippen molar-refractivity contribution in [1.82, 2.24) is 15.2 Å². The number of H-pyrrole nitrogens is 1. The van der Waals surface area contributed by atoms with Crippen LogP contribution in [0, 0.1) is 6.92 Å². The first-order valence-corrected chi connectivity index (χ1v) is 8.86. The van der Waals surface area contributed by atoms with Crippen LogP contribution in [0.4, 0.5) is 0 Å². The smallest absolute Gasteiger partial charge is 0.175 e. The van der Waals surface area contributed by atoms with Crippen molar-refractivity contribution in [3.05, 3.63) is 40.6 Å². The van der Waals surface area contributed by atoms with Crippen LogP contribution in [0.25, 0.3) is 22.2 Å². The Morgan fingerprint density at radius 2 is 2.00 bits per heavy atom. The van der Waals surface area contributed by atoms with Crippen molar-refractivity contribution in [3.8, 4) is 11.3 Å². The monoisotopic (exact) mass is 365 g/mol. The first kappa shape index (κ1) is 14.2. The van der Waals surface area contributed by atoms with Crippen molar-refractivity contribution in [1.29, 1.82) is 0 Å². The molecule has 2 heterocycles. The molecule has 0 amide bonds. The van der Waals surface area contributed by atoms with Gasteiger partial charge in [0.25, 0.3) is 0 Å². The Labute approximate surface area is 130 Å². The molecule has 0 saturated heterocycles. The summed E-state index contributed by atoms with van der Waals surface area (Å²) in [7, 11) is -3.22. The first-order valence-electron chi connectivity index (χ1n) is 6.17. The maximum Gasteiger partial charge on any atom is 0.175 e. The van der Waals surface area contributed by atoms with Crippen molar-refractivity contribution in [2.45, 2.75) is 11.8 Å². The van der Waals surface area contributed by atoms with Gasteiger partial charge in [0.1, 0.15) is 4.60 Å². The minimum absolute atomic E-state index is 0.338. The van der Waals surface area contributed by atoms with E-state index in [1.54, 1.807) is 25.3 Å². The molecular formula is C14H12BrN3O2S. The second-order valence-electron chi connectivity index (χ2n) is 4.85. The third kappa shape index (κ3) is 2.47. The summed E-state index contributed by atoms with van der Waals surface area (Å²) < 4.78 is 24.1. The highest BCUT2D eigenvalue weighted by atomic mass is 79.9. The van der Waals surface area contributed by atoms with E-state index >= 15 is 0 Å². The normalized spacial score (nSPS) is 12.0. The quantitative estimate of drug-likeness (QED) is 0.756. The van der Waals surface area contributed by atoms with Crippen LogP contribution in [-0.2, 0) is 9.84 Å². The van der Waals surface area contributed by atoms with Gasteiger partial charge in [-0.05, 0) is 46.6 Å². The lowest BCUT2D eigenvalue weighted by Gasteiger charge is -2.07. The molecule has 0 bridgehead atoms. The molecule has 0 fully saturated rings. The number of fused-ring (bicyclic) bond motifs is 1. The number of nitrogens with one attached hydrogen (secondary N) is 1. The van der Waals surface area contributed by atoms with Crippen LogP contribution in [0.15, 0.2) is 40.0 Å². The van der Waals surface area contributed by atoms with Crippen LogP contribution in [0.3, 0.4) is 0 Å². The highest BCUT2D eigenvalue weighted by Gasteiger charge is 2.15. The van der Waals surface area contributed by atoms with Gasteiger partial charge >= 0.3 is 0 Å². The van der Waals surface area contributed by atoms with Crippen molar-refractivity contribution >= 4 is 36.7 Å². The number of sulfone groups is 1. The number of hydrogen-bond donors (Lipinski definition) is 1. The molecule has 2 aromatic heterocycles. The second kappa shape index (κ2) is 4.92. The number of nitrogens with zero attached hydrogens (tertiary/aromatic N) is 2. The van der Waals surface area contributed by atoms with E-state index in [1.165, 1.54) is 6.26 Å². The van der Waals surface area contributed by atoms with Crippen molar-refractivity contribution in [2.24, 2.45) is 0 Å². The van der Waals surface area contributed by atoms with Crippen LogP contribution in [-0.4, -0.2) is 29.9 Å². The SMILES string of the molecule is Cc1cc(-c2nccc3[nH]nc(Br)c23)ccc1S(C)(=O)=O. The average molecular weight is 366 g/mol. The van der Waals surface area contributed by atoms with Gasteiger partial charge in [-0.1, -0.05) is 6.07 Å². The van der Waals surface area contributed by atoms with E-state index in [-0.39, 0.29) is 0 Å². The summed E-state index contributed by atoms with van der Waals surface area (Å²) in [6.45, 7) is 1.78. The van der Waals surface area contributed by atoms with Gasteiger partial charge in [-0.3, -0.25) is 10.1 Å². The Balaban J connectivity index is 2.25. The average Bonchev–Trinajstić information content (AvgIpc) is 2.79. The molecule has 0 aliphatic carbocycles. The molecule has 0 unspecified atom stereocenters. The Hall–Kier alpha value is -1.73. The molecule has 1 aromatic carbocycles. The Morgan fingerprint density at radius 1 is 1.24 bits per heavy atom. The van der Waals surface area contributed by atoms with E-state index in [0.29, 0.717) is 15.1 Å². The number of benzene rings is 1. The molecule has 0 spiro atoms. The van der Waals surface area contributed by atoms with Crippen LogP contribution in [0.2, 0.25) is 0 Å². The summed E-state index contributed by atoms with van der Waals surface area (Å²) in [4.78, 5) is 4.74. The van der Waals surface area contributed by atoms with Crippen LogP contribution in [0.5, 0.6) is 0 Å². The zero-order chi connectivity index (χ0) is 15.2. The Bertz CT molecular complexity index is 948.